The monoisotopic (exact) mass is 260 g/mol. The van der Waals surface area contributed by atoms with E-state index in [0.717, 1.165) is 12.8 Å². The summed E-state index contributed by atoms with van der Waals surface area (Å²) < 4.78 is 41.0. The van der Waals surface area contributed by atoms with Gasteiger partial charge in [-0.3, -0.25) is 11.3 Å². The van der Waals surface area contributed by atoms with Crippen molar-refractivity contribution >= 4 is 0 Å². The summed E-state index contributed by atoms with van der Waals surface area (Å²) in [6.45, 7) is 1.99. The second-order valence-electron chi connectivity index (χ2n) is 4.84. The van der Waals surface area contributed by atoms with Gasteiger partial charge in [-0.05, 0) is 24.3 Å². The number of nitrogens with one attached hydrogen (secondary N) is 1. The van der Waals surface area contributed by atoms with E-state index in [4.69, 9.17) is 5.84 Å². The van der Waals surface area contributed by atoms with E-state index < -0.39 is 6.36 Å². The number of hydrogen-bond donors (Lipinski definition) is 2. The van der Waals surface area contributed by atoms with Crippen LogP contribution in [0.25, 0.3) is 0 Å². The van der Waals surface area contributed by atoms with E-state index in [0.29, 0.717) is 5.56 Å². The van der Waals surface area contributed by atoms with E-state index in [2.05, 4.69) is 10.2 Å². The fraction of sp³-hybridized carbons (Fsp3) is 0.500. The number of para-hydroxylation sites is 1. The van der Waals surface area contributed by atoms with Crippen molar-refractivity contribution in [3.05, 3.63) is 29.8 Å². The van der Waals surface area contributed by atoms with Gasteiger partial charge in [0.1, 0.15) is 5.75 Å². The second-order valence-corrected chi connectivity index (χ2v) is 4.84. The molecule has 3 N–H and O–H groups in total. The first-order valence-electron chi connectivity index (χ1n) is 5.66. The van der Waals surface area contributed by atoms with Gasteiger partial charge in [0.05, 0.1) is 6.04 Å². The van der Waals surface area contributed by atoms with Gasteiger partial charge in [0.15, 0.2) is 0 Å². The minimum Gasteiger partial charge on any atom is -0.405 e. The summed E-state index contributed by atoms with van der Waals surface area (Å²) >= 11 is 0. The molecule has 3 nitrogen and oxygen atoms in total. The average Bonchev–Trinajstić information content (AvgIpc) is 2.99. The molecule has 1 atom stereocenters. The molecule has 0 radical (unpaired) electrons. The van der Waals surface area contributed by atoms with E-state index in [1.807, 2.05) is 6.92 Å². The number of ether oxygens (including phenoxy) is 1. The molecule has 18 heavy (non-hydrogen) atoms. The maximum absolute atomic E-state index is 12.3. The Morgan fingerprint density at radius 1 is 1.33 bits per heavy atom. The van der Waals surface area contributed by atoms with E-state index in [1.165, 1.54) is 12.1 Å². The van der Waals surface area contributed by atoms with Gasteiger partial charge in [-0.1, -0.05) is 25.1 Å². The second kappa shape index (κ2) is 4.44. The van der Waals surface area contributed by atoms with Crippen LogP contribution in [0.15, 0.2) is 24.3 Å². The van der Waals surface area contributed by atoms with E-state index >= 15 is 0 Å². The highest BCUT2D eigenvalue weighted by Crippen LogP contribution is 2.55. The average molecular weight is 260 g/mol. The zero-order valence-corrected chi connectivity index (χ0v) is 9.92. The van der Waals surface area contributed by atoms with Crippen molar-refractivity contribution < 1.29 is 17.9 Å². The Balaban J connectivity index is 2.31. The van der Waals surface area contributed by atoms with Crippen molar-refractivity contribution in [3.8, 4) is 5.75 Å². The molecule has 0 amide bonds. The maximum Gasteiger partial charge on any atom is 0.573 e. The third-order valence-corrected chi connectivity index (χ3v) is 3.36. The van der Waals surface area contributed by atoms with Crippen LogP contribution in [0.3, 0.4) is 0 Å². The molecule has 1 aromatic carbocycles. The highest BCUT2D eigenvalue weighted by molar-refractivity contribution is 5.38. The van der Waals surface area contributed by atoms with Crippen LogP contribution < -0.4 is 16.0 Å². The van der Waals surface area contributed by atoms with Crippen LogP contribution in [0.5, 0.6) is 5.75 Å². The van der Waals surface area contributed by atoms with Crippen molar-refractivity contribution in [1.29, 1.82) is 0 Å². The molecule has 0 bridgehead atoms. The number of rotatable bonds is 4. The van der Waals surface area contributed by atoms with Crippen LogP contribution in [0.2, 0.25) is 0 Å². The molecule has 0 spiro atoms. The lowest BCUT2D eigenvalue weighted by Gasteiger charge is -2.25. The third kappa shape index (κ3) is 2.76. The molecule has 100 valence electrons. The first-order chi connectivity index (χ1) is 8.36. The maximum atomic E-state index is 12.3. The number of halogens is 3. The number of alkyl halides is 3. The van der Waals surface area contributed by atoms with Crippen molar-refractivity contribution in [3.63, 3.8) is 0 Å². The van der Waals surface area contributed by atoms with Gasteiger partial charge in [0.25, 0.3) is 0 Å². The molecule has 0 heterocycles. The Morgan fingerprint density at radius 2 is 1.94 bits per heavy atom. The zero-order valence-electron chi connectivity index (χ0n) is 9.92. The Morgan fingerprint density at radius 3 is 2.44 bits per heavy atom. The number of hydrogen-bond acceptors (Lipinski definition) is 3. The summed E-state index contributed by atoms with van der Waals surface area (Å²) in [6, 6.07) is 5.76. The van der Waals surface area contributed by atoms with Gasteiger partial charge in [0, 0.05) is 5.56 Å². The molecule has 0 aliphatic heterocycles. The van der Waals surface area contributed by atoms with Gasteiger partial charge in [0.2, 0.25) is 0 Å². The van der Waals surface area contributed by atoms with E-state index in [-0.39, 0.29) is 17.2 Å². The van der Waals surface area contributed by atoms with Crippen LogP contribution in [0, 0.1) is 5.41 Å². The number of hydrazine groups is 1. The molecule has 0 aromatic heterocycles. The van der Waals surface area contributed by atoms with Gasteiger partial charge in [-0.2, -0.15) is 0 Å². The summed E-state index contributed by atoms with van der Waals surface area (Å²) in [7, 11) is 0. The lowest BCUT2D eigenvalue weighted by atomic mass is 9.92. The summed E-state index contributed by atoms with van der Waals surface area (Å²) in [6.07, 6.45) is -2.83. The fourth-order valence-corrected chi connectivity index (χ4v) is 2.09. The molecular weight excluding hydrogens is 245 g/mol. The minimum absolute atomic E-state index is 0.0974. The summed E-state index contributed by atoms with van der Waals surface area (Å²) in [4.78, 5) is 0. The van der Waals surface area contributed by atoms with Gasteiger partial charge in [-0.15, -0.1) is 13.2 Å². The summed E-state index contributed by atoms with van der Waals surface area (Å²) in [5.74, 6) is 5.28. The standard InChI is InChI=1S/C12H15F3N2O/c1-11(6-7-11)10(17-16)8-4-2-3-5-9(8)18-12(13,14)15/h2-5,10,17H,6-7,16H2,1H3. The predicted octanol–water partition coefficient (Wildman–Crippen LogP) is 2.89. The third-order valence-electron chi connectivity index (χ3n) is 3.36. The first-order valence-corrected chi connectivity index (χ1v) is 5.66. The van der Waals surface area contributed by atoms with Crippen molar-refractivity contribution in [2.45, 2.75) is 32.2 Å². The fourth-order valence-electron chi connectivity index (χ4n) is 2.09. The van der Waals surface area contributed by atoms with Crippen LogP contribution in [0.4, 0.5) is 13.2 Å². The Labute approximate surface area is 103 Å². The molecular formula is C12H15F3N2O. The first kappa shape index (κ1) is 13.2. The van der Waals surface area contributed by atoms with Crippen molar-refractivity contribution in [2.75, 3.05) is 0 Å². The van der Waals surface area contributed by atoms with E-state index in [9.17, 15) is 13.2 Å². The Hall–Kier alpha value is -1.27. The highest BCUT2D eigenvalue weighted by Gasteiger charge is 2.46. The molecule has 6 heteroatoms. The molecule has 1 saturated carbocycles. The van der Waals surface area contributed by atoms with Crippen LogP contribution in [0.1, 0.15) is 31.4 Å². The minimum atomic E-state index is -4.69. The molecule has 0 saturated heterocycles. The lowest BCUT2D eigenvalue weighted by molar-refractivity contribution is -0.275. The SMILES string of the molecule is CC1(C(NN)c2ccccc2OC(F)(F)F)CC1. The Bertz CT molecular complexity index is 430. The largest absolute Gasteiger partial charge is 0.573 e. The van der Waals surface area contributed by atoms with Crippen LogP contribution in [-0.4, -0.2) is 6.36 Å². The quantitative estimate of drug-likeness (QED) is 0.646. The lowest BCUT2D eigenvalue weighted by Crippen LogP contribution is -2.34. The molecule has 2 rings (SSSR count). The smallest absolute Gasteiger partial charge is 0.405 e. The predicted molar refractivity (Wildman–Crippen MR) is 60.5 cm³/mol. The molecule has 1 fully saturated rings. The van der Waals surface area contributed by atoms with Crippen molar-refractivity contribution in [2.24, 2.45) is 11.3 Å². The van der Waals surface area contributed by atoms with Gasteiger partial charge >= 0.3 is 6.36 Å². The summed E-state index contributed by atoms with van der Waals surface area (Å²) in [5, 5.41) is 0. The highest BCUT2D eigenvalue weighted by atomic mass is 19.4. The van der Waals surface area contributed by atoms with Crippen LogP contribution >= 0.6 is 0 Å². The van der Waals surface area contributed by atoms with Gasteiger partial charge in [-0.25, -0.2) is 0 Å². The normalized spacial score (nSPS) is 19.4. The molecule has 1 aromatic rings. The van der Waals surface area contributed by atoms with Crippen LogP contribution in [-0.2, 0) is 0 Å². The summed E-state index contributed by atoms with van der Waals surface area (Å²) in [5.41, 5.74) is 2.94. The molecule has 1 aliphatic carbocycles. The zero-order chi connectivity index (χ0) is 13.4. The molecule has 1 unspecified atom stereocenters. The van der Waals surface area contributed by atoms with Crippen molar-refractivity contribution in [1.82, 2.24) is 5.43 Å². The van der Waals surface area contributed by atoms with Gasteiger partial charge < -0.3 is 4.74 Å². The number of benzene rings is 1. The Kier molecular flexibility index (Phi) is 3.25. The molecule has 1 aliphatic rings. The van der Waals surface area contributed by atoms with E-state index in [1.54, 1.807) is 12.1 Å². The topological polar surface area (TPSA) is 47.3 Å². The number of nitrogens with two attached hydrogens (primary N) is 1.